The van der Waals surface area contributed by atoms with Crippen LogP contribution in [-0.4, -0.2) is 30.8 Å². The van der Waals surface area contributed by atoms with Gasteiger partial charge in [0.15, 0.2) is 0 Å². The SMILES string of the molecule is CCOC(=O)c1cc(C)c(C2CCOC2)nc1C. The second-order valence-corrected chi connectivity index (χ2v) is 4.60. The van der Waals surface area contributed by atoms with Crippen molar-refractivity contribution in [3.63, 3.8) is 0 Å². The Labute approximate surface area is 107 Å². The molecule has 4 nitrogen and oxygen atoms in total. The molecule has 1 atom stereocenters. The van der Waals surface area contributed by atoms with Crippen LogP contribution >= 0.6 is 0 Å². The number of hydrogen-bond donors (Lipinski definition) is 0. The molecule has 0 spiro atoms. The van der Waals surface area contributed by atoms with Crippen molar-refractivity contribution in [2.45, 2.75) is 33.1 Å². The largest absolute Gasteiger partial charge is 0.462 e. The molecule has 1 saturated heterocycles. The molecule has 4 heteroatoms. The van der Waals surface area contributed by atoms with E-state index in [0.717, 1.165) is 36.6 Å². The molecule has 18 heavy (non-hydrogen) atoms. The Hall–Kier alpha value is -1.42. The monoisotopic (exact) mass is 249 g/mol. The highest BCUT2D eigenvalue weighted by molar-refractivity contribution is 5.90. The van der Waals surface area contributed by atoms with E-state index in [-0.39, 0.29) is 5.97 Å². The average molecular weight is 249 g/mol. The first-order valence-corrected chi connectivity index (χ1v) is 6.36. The molecule has 1 aliphatic heterocycles. The lowest BCUT2D eigenvalue weighted by atomic mass is 9.98. The van der Waals surface area contributed by atoms with Gasteiger partial charge in [-0.15, -0.1) is 0 Å². The van der Waals surface area contributed by atoms with E-state index >= 15 is 0 Å². The zero-order valence-corrected chi connectivity index (χ0v) is 11.2. The first kappa shape index (κ1) is 13.0. The molecule has 0 bridgehead atoms. The van der Waals surface area contributed by atoms with E-state index in [1.54, 1.807) is 6.92 Å². The van der Waals surface area contributed by atoms with Crippen molar-refractivity contribution in [3.05, 3.63) is 28.6 Å². The van der Waals surface area contributed by atoms with Crippen LogP contribution in [-0.2, 0) is 9.47 Å². The highest BCUT2D eigenvalue weighted by Gasteiger charge is 2.23. The van der Waals surface area contributed by atoms with Gasteiger partial charge in [-0.25, -0.2) is 4.79 Å². The predicted octanol–water partition coefficient (Wildman–Crippen LogP) is 2.38. The lowest BCUT2D eigenvalue weighted by Gasteiger charge is -2.14. The molecule has 2 rings (SSSR count). The van der Waals surface area contributed by atoms with E-state index in [1.807, 2.05) is 19.9 Å². The van der Waals surface area contributed by atoms with Crippen molar-refractivity contribution < 1.29 is 14.3 Å². The van der Waals surface area contributed by atoms with Crippen molar-refractivity contribution in [3.8, 4) is 0 Å². The molecular weight excluding hydrogens is 230 g/mol. The number of carbonyl (C=O) groups excluding carboxylic acids is 1. The molecule has 1 fully saturated rings. The number of nitrogens with zero attached hydrogens (tertiary/aromatic N) is 1. The van der Waals surface area contributed by atoms with Crippen molar-refractivity contribution in [1.29, 1.82) is 0 Å². The second-order valence-electron chi connectivity index (χ2n) is 4.60. The topological polar surface area (TPSA) is 48.4 Å². The van der Waals surface area contributed by atoms with E-state index in [2.05, 4.69) is 4.98 Å². The van der Waals surface area contributed by atoms with Crippen LogP contribution in [0.3, 0.4) is 0 Å². The quantitative estimate of drug-likeness (QED) is 0.772. The summed E-state index contributed by atoms with van der Waals surface area (Å²) in [6.07, 6.45) is 1.01. The third-order valence-corrected chi connectivity index (χ3v) is 3.25. The van der Waals surface area contributed by atoms with Gasteiger partial charge < -0.3 is 9.47 Å². The molecule has 0 N–H and O–H groups in total. The maximum absolute atomic E-state index is 11.8. The molecule has 2 heterocycles. The molecule has 98 valence electrons. The molecule has 0 amide bonds. The summed E-state index contributed by atoms with van der Waals surface area (Å²) in [7, 11) is 0. The van der Waals surface area contributed by atoms with Crippen molar-refractivity contribution in [2.75, 3.05) is 19.8 Å². The Morgan fingerprint density at radius 3 is 2.94 bits per heavy atom. The summed E-state index contributed by atoms with van der Waals surface area (Å²) in [5.74, 6) is 0.0692. The highest BCUT2D eigenvalue weighted by Crippen LogP contribution is 2.27. The van der Waals surface area contributed by atoms with Gasteiger partial charge in [0.1, 0.15) is 0 Å². The lowest BCUT2D eigenvalue weighted by Crippen LogP contribution is -2.12. The van der Waals surface area contributed by atoms with Gasteiger partial charge in [-0.1, -0.05) is 0 Å². The van der Waals surface area contributed by atoms with Crippen molar-refractivity contribution >= 4 is 5.97 Å². The number of rotatable bonds is 3. The molecule has 1 unspecified atom stereocenters. The third kappa shape index (κ3) is 2.53. The molecule has 1 aromatic rings. The van der Waals surface area contributed by atoms with E-state index in [9.17, 15) is 4.79 Å². The summed E-state index contributed by atoms with van der Waals surface area (Å²) in [4.78, 5) is 16.3. The maximum atomic E-state index is 11.8. The highest BCUT2D eigenvalue weighted by atomic mass is 16.5. The van der Waals surface area contributed by atoms with Gasteiger partial charge in [-0.2, -0.15) is 0 Å². The van der Waals surface area contributed by atoms with Crippen LogP contribution in [0.1, 0.15) is 46.6 Å². The molecule has 1 aliphatic rings. The van der Waals surface area contributed by atoms with Crippen LogP contribution in [0.25, 0.3) is 0 Å². The normalized spacial score (nSPS) is 18.9. The Morgan fingerprint density at radius 1 is 1.56 bits per heavy atom. The maximum Gasteiger partial charge on any atom is 0.339 e. The minimum absolute atomic E-state index is 0.292. The summed E-state index contributed by atoms with van der Waals surface area (Å²) in [6.45, 7) is 7.55. The zero-order chi connectivity index (χ0) is 13.1. The molecule has 1 aromatic heterocycles. The van der Waals surface area contributed by atoms with E-state index in [4.69, 9.17) is 9.47 Å². The number of pyridine rings is 1. The van der Waals surface area contributed by atoms with Gasteiger partial charge in [0.2, 0.25) is 0 Å². The van der Waals surface area contributed by atoms with E-state index < -0.39 is 0 Å². The summed E-state index contributed by atoms with van der Waals surface area (Å²) in [5.41, 5.74) is 3.40. The minimum Gasteiger partial charge on any atom is -0.462 e. The van der Waals surface area contributed by atoms with Crippen LogP contribution in [0.15, 0.2) is 6.07 Å². The minimum atomic E-state index is -0.292. The Bertz CT molecular complexity index is 451. The summed E-state index contributed by atoms with van der Waals surface area (Å²) < 4.78 is 10.4. The Balaban J connectivity index is 2.31. The van der Waals surface area contributed by atoms with Crippen LogP contribution in [0.2, 0.25) is 0 Å². The molecule has 0 radical (unpaired) electrons. The van der Waals surface area contributed by atoms with Crippen molar-refractivity contribution in [1.82, 2.24) is 4.98 Å². The lowest BCUT2D eigenvalue weighted by molar-refractivity contribution is 0.0525. The molecule has 0 aromatic carbocycles. The van der Waals surface area contributed by atoms with Crippen LogP contribution < -0.4 is 0 Å². The fraction of sp³-hybridized carbons (Fsp3) is 0.571. The molecule has 0 aliphatic carbocycles. The molecule has 0 saturated carbocycles. The van der Waals surface area contributed by atoms with Gasteiger partial charge in [0.25, 0.3) is 0 Å². The van der Waals surface area contributed by atoms with Gasteiger partial charge in [-0.05, 0) is 38.8 Å². The van der Waals surface area contributed by atoms with Gasteiger partial charge in [0, 0.05) is 18.2 Å². The third-order valence-electron chi connectivity index (χ3n) is 3.25. The summed E-state index contributed by atoms with van der Waals surface area (Å²) >= 11 is 0. The van der Waals surface area contributed by atoms with Crippen LogP contribution in [0.4, 0.5) is 0 Å². The van der Waals surface area contributed by atoms with Gasteiger partial charge in [0.05, 0.1) is 24.5 Å². The fourth-order valence-corrected chi connectivity index (χ4v) is 2.30. The van der Waals surface area contributed by atoms with Gasteiger partial charge in [-0.3, -0.25) is 4.98 Å². The number of hydrogen-bond acceptors (Lipinski definition) is 4. The number of esters is 1. The summed E-state index contributed by atoms with van der Waals surface area (Å²) in [6, 6.07) is 1.88. The number of carbonyl (C=O) groups is 1. The van der Waals surface area contributed by atoms with Crippen LogP contribution in [0, 0.1) is 13.8 Å². The van der Waals surface area contributed by atoms with E-state index in [0.29, 0.717) is 18.1 Å². The van der Waals surface area contributed by atoms with E-state index in [1.165, 1.54) is 0 Å². The van der Waals surface area contributed by atoms with Gasteiger partial charge >= 0.3 is 5.97 Å². The Morgan fingerprint density at radius 2 is 2.33 bits per heavy atom. The fourth-order valence-electron chi connectivity index (χ4n) is 2.30. The standard InChI is InChI=1S/C14H19NO3/c1-4-18-14(16)12-7-9(2)13(15-10(12)3)11-5-6-17-8-11/h7,11H,4-6,8H2,1-3H3. The predicted molar refractivity (Wildman–Crippen MR) is 67.8 cm³/mol. The number of aromatic nitrogens is 1. The Kier molecular flexibility index (Phi) is 3.97. The zero-order valence-electron chi connectivity index (χ0n) is 11.2. The molecular formula is C14H19NO3. The number of aryl methyl sites for hydroxylation is 2. The van der Waals surface area contributed by atoms with Crippen LogP contribution in [0.5, 0.6) is 0 Å². The first-order chi connectivity index (χ1) is 8.63. The number of ether oxygens (including phenoxy) is 2. The second kappa shape index (κ2) is 5.48. The average Bonchev–Trinajstić information content (AvgIpc) is 2.85. The van der Waals surface area contributed by atoms with Crippen molar-refractivity contribution in [2.24, 2.45) is 0 Å². The summed E-state index contributed by atoms with van der Waals surface area (Å²) in [5, 5.41) is 0. The first-order valence-electron chi connectivity index (χ1n) is 6.36. The smallest absolute Gasteiger partial charge is 0.339 e.